The van der Waals surface area contributed by atoms with Crippen LogP contribution < -0.4 is 5.32 Å². The molecule has 2 rings (SSSR count). The Balaban J connectivity index is 1.87. The normalized spacial score (nSPS) is 10.3. The van der Waals surface area contributed by atoms with E-state index in [1.54, 1.807) is 6.33 Å². The zero-order valence-electron chi connectivity index (χ0n) is 9.65. The minimum absolute atomic E-state index is 0.131. The lowest BCUT2D eigenvalue weighted by Gasteiger charge is -2.03. The van der Waals surface area contributed by atoms with Crippen molar-refractivity contribution in [3.63, 3.8) is 0 Å². The van der Waals surface area contributed by atoms with E-state index in [1.807, 2.05) is 11.6 Å². The zero-order chi connectivity index (χ0) is 13.0. The minimum atomic E-state index is -0.538. The molecule has 0 saturated carbocycles. The molecule has 0 aliphatic rings. The first-order valence-corrected chi connectivity index (χ1v) is 5.20. The van der Waals surface area contributed by atoms with Gasteiger partial charge in [-0.25, -0.2) is 9.97 Å². The van der Waals surface area contributed by atoms with E-state index in [9.17, 15) is 10.1 Å². The molecule has 9 heteroatoms. The van der Waals surface area contributed by atoms with Crippen molar-refractivity contribution in [2.24, 2.45) is 7.05 Å². The van der Waals surface area contributed by atoms with Gasteiger partial charge in [0.1, 0.15) is 24.5 Å². The van der Waals surface area contributed by atoms with Gasteiger partial charge in [-0.1, -0.05) is 0 Å². The van der Waals surface area contributed by atoms with Crippen molar-refractivity contribution in [2.45, 2.75) is 6.42 Å². The van der Waals surface area contributed by atoms with E-state index in [-0.39, 0.29) is 5.69 Å². The second-order valence-corrected chi connectivity index (χ2v) is 3.56. The highest BCUT2D eigenvalue weighted by Gasteiger charge is 2.06. The molecule has 0 saturated heterocycles. The van der Waals surface area contributed by atoms with Crippen molar-refractivity contribution in [2.75, 3.05) is 11.9 Å². The van der Waals surface area contributed by atoms with Crippen LogP contribution in [0.25, 0.3) is 0 Å². The molecule has 1 N–H and O–H groups in total. The van der Waals surface area contributed by atoms with Gasteiger partial charge in [0.15, 0.2) is 0 Å². The Morgan fingerprint density at radius 2 is 2.17 bits per heavy atom. The van der Waals surface area contributed by atoms with Gasteiger partial charge in [0, 0.05) is 20.0 Å². The molecular formula is C9H11N7O2. The summed E-state index contributed by atoms with van der Waals surface area (Å²) in [5, 5.41) is 21.0. The van der Waals surface area contributed by atoms with Gasteiger partial charge in [0.25, 0.3) is 0 Å². The Bertz CT molecular complexity index is 536. The molecule has 2 aromatic rings. The lowest BCUT2D eigenvalue weighted by atomic mass is 10.4. The fourth-order valence-electron chi connectivity index (χ4n) is 1.33. The van der Waals surface area contributed by atoms with Crippen LogP contribution in [0.2, 0.25) is 0 Å². The zero-order valence-corrected chi connectivity index (χ0v) is 9.65. The van der Waals surface area contributed by atoms with Gasteiger partial charge in [-0.2, -0.15) is 0 Å². The number of hydrogen-bond acceptors (Lipinski definition) is 7. The highest BCUT2D eigenvalue weighted by atomic mass is 16.6. The van der Waals surface area contributed by atoms with Crippen LogP contribution in [0.1, 0.15) is 5.82 Å². The number of aryl methyl sites for hydroxylation is 1. The van der Waals surface area contributed by atoms with Crippen molar-refractivity contribution in [3.8, 4) is 0 Å². The van der Waals surface area contributed by atoms with E-state index >= 15 is 0 Å². The SMILES string of the molecule is Cn1cnnc1CCNc1ncc([N+](=O)[O-])cn1. The third-order valence-corrected chi connectivity index (χ3v) is 2.29. The van der Waals surface area contributed by atoms with Crippen LogP contribution in [0.3, 0.4) is 0 Å². The van der Waals surface area contributed by atoms with Crippen LogP contribution in [0.4, 0.5) is 11.6 Å². The molecule has 0 aliphatic heterocycles. The minimum Gasteiger partial charge on any atom is -0.354 e. The highest BCUT2D eigenvalue weighted by molar-refractivity contribution is 5.30. The van der Waals surface area contributed by atoms with Gasteiger partial charge in [-0.05, 0) is 0 Å². The fourth-order valence-corrected chi connectivity index (χ4v) is 1.33. The van der Waals surface area contributed by atoms with E-state index in [2.05, 4.69) is 25.5 Å². The van der Waals surface area contributed by atoms with Crippen LogP contribution in [0.5, 0.6) is 0 Å². The Kier molecular flexibility index (Phi) is 3.41. The lowest BCUT2D eigenvalue weighted by Crippen LogP contribution is -2.10. The second-order valence-electron chi connectivity index (χ2n) is 3.56. The summed E-state index contributed by atoms with van der Waals surface area (Å²) in [4.78, 5) is 17.5. The first-order valence-electron chi connectivity index (χ1n) is 5.20. The van der Waals surface area contributed by atoms with E-state index in [0.717, 1.165) is 18.2 Å². The lowest BCUT2D eigenvalue weighted by molar-refractivity contribution is -0.385. The topological polar surface area (TPSA) is 112 Å². The summed E-state index contributed by atoms with van der Waals surface area (Å²) >= 11 is 0. The molecule has 0 unspecified atom stereocenters. The van der Waals surface area contributed by atoms with Crippen molar-refractivity contribution in [1.29, 1.82) is 0 Å². The van der Waals surface area contributed by atoms with Crippen LogP contribution >= 0.6 is 0 Å². The predicted octanol–water partition coefficient (Wildman–Crippen LogP) is 0.168. The number of hydrogen-bond donors (Lipinski definition) is 1. The number of nitrogens with one attached hydrogen (secondary N) is 1. The van der Waals surface area contributed by atoms with Gasteiger partial charge in [-0.3, -0.25) is 10.1 Å². The van der Waals surface area contributed by atoms with Gasteiger partial charge in [0.2, 0.25) is 5.95 Å². The number of anilines is 1. The quantitative estimate of drug-likeness (QED) is 0.593. The number of nitrogens with zero attached hydrogens (tertiary/aromatic N) is 6. The number of rotatable bonds is 5. The first-order chi connectivity index (χ1) is 8.66. The monoisotopic (exact) mass is 249 g/mol. The van der Waals surface area contributed by atoms with Crippen LogP contribution in [-0.4, -0.2) is 36.2 Å². The average Bonchev–Trinajstić information content (AvgIpc) is 2.76. The predicted molar refractivity (Wildman–Crippen MR) is 61.9 cm³/mol. The fraction of sp³-hybridized carbons (Fsp3) is 0.333. The third-order valence-electron chi connectivity index (χ3n) is 2.29. The average molecular weight is 249 g/mol. The Hall–Kier alpha value is -2.58. The largest absolute Gasteiger partial charge is 0.354 e. The second kappa shape index (κ2) is 5.17. The van der Waals surface area contributed by atoms with Gasteiger partial charge < -0.3 is 9.88 Å². The Morgan fingerprint density at radius 1 is 1.44 bits per heavy atom. The smallest absolute Gasteiger partial charge is 0.305 e. The molecule has 0 radical (unpaired) electrons. The van der Waals surface area contributed by atoms with Crippen molar-refractivity contribution in [3.05, 3.63) is 34.7 Å². The van der Waals surface area contributed by atoms with Crippen LogP contribution in [0.15, 0.2) is 18.7 Å². The standard InChI is InChI=1S/C9H11N7O2/c1-15-6-13-14-8(15)2-3-10-9-11-4-7(5-12-9)16(17)18/h4-6H,2-3H2,1H3,(H,10,11,12). The number of nitro groups is 1. The summed E-state index contributed by atoms with van der Waals surface area (Å²) < 4.78 is 1.82. The molecule has 9 nitrogen and oxygen atoms in total. The third kappa shape index (κ3) is 2.75. The molecule has 0 fully saturated rings. The van der Waals surface area contributed by atoms with Crippen molar-refractivity contribution >= 4 is 11.6 Å². The van der Waals surface area contributed by atoms with E-state index in [4.69, 9.17) is 0 Å². The Morgan fingerprint density at radius 3 is 2.72 bits per heavy atom. The molecule has 18 heavy (non-hydrogen) atoms. The maximum Gasteiger partial charge on any atom is 0.305 e. The van der Waals surface area contributed by atoms with E-state index in [1.165, 1.54) is 0 Å². The van der Waals surface area contributed by atoms with Crippen molar-refractivity contribution in [1.82, 2.24) is 24.7 Å². The van der Waals surface area contributed by atoms with Crippen LogP contribution in [0, 0.1) is 10.1 Å². The van der Waals surface area contributed by atoms with E-state index < -0.39 is 4.92 Å². The molecule has 0 atom stereocenters. The van der Waals surface area contributed by atoms with Crippen molar-refractivity contribution < 1.29 is 4.92 Å². The molecule has 0 amide bonds. The first kappa shape index (κ1) is 11.9. The van der Waals surface area contributed by atoms with Gasteiger partial charge in [-0.15, -0.1) is 10.2 Å². The van der Waals surface area contributed by atoms with Gasteiger partial charge >= 0.3 is 5.69 Å². The maximum absolute atomic E-state index is 10.4. The number of aromatic nitrogens is 5. The Labute approximate surface area is 102 Å². The molecule has 2 aromatic heterocycles. The summed E-state index contributed by atoms with van der Waals surface area (Å²) in [6.45, 7) is 0.574. The summed E-state index contributed by atoms with van der Waals surface area (Å²) in [7, 11) is 1.86. The summed E-state index contributed by atoms with van der Waals surface area (Å²) in [5.74, 6) is 1.19. The summed E-state index contributed by atoms with van der Waals surface area (Å²) in [6, 6.07) is 0. The van der Waals surface area contributed by atoms with E-state index in [0.29, 0.717) is 18.9 Å². The van der Waals surface area contributed by atoms with Crippen LogP contribution in [-0.2, 0) is 13.5 Å². The molecule has 94 valence electrons. The summed E-state index contributed by atoms with van der Waals surface area (Å²) in [5.41, 5.74) is -0.131. The molecule has 0 spiro atoms. The maximum atomic E-state index is 10.4. The molecule has 2 heterocycles. The molecular weight excluding hydrogens is 238 g/mol. The molecule has 0 aromatic carbocycles. The highest BCUT2D eigenvalue weighted by Crippen LogP contribution is 2.07. The summed E-state index contributed by atoms with van der Waals surface area (Å²) in [6.07, 6.45) is 4.61. The molecule has 0 bridgehead atoms. The molecule has 0 aliphatic carbocycles. The van der Waals surface area contributed by atoms with Gasteiger partial charge in [0.05, 0.1) is 4.92 Å².